The van der Waals surface area contributed by atoms with E-state index in [4.69, 9.17) is 9.26 Å². The van der Waals surface area contributed by atoms with E-state index in [1.807, 2.05) is 24.3 Å². The number of hydrogen-bond acceptors (Lipinski definition) is 8. The summed E-state index contributed by atoms with van der Waals surface area (Å²) < 4.78 is 46.2. The second-order valence-electron chi connectivity index (χ2n) is 9.31. The molecule has 2 aromatic carbocycles. The number of rotatable bonds is 9. The topological polar surface area (TPSA) is 127 Å². The molecule has 210 valence electrons. The van der Waals surface area contributed by atoms with Crippen molar-refractivity contribution in [1.82, 2.24) is 31.2 Å². The first kappa shape index (κ1) is 27.9. The first-order chi connectivity index (χ1) is 19.4. The predicted octanol–water partition coefficient (Wildman–Crippen LogP) is 4.59. The van der Waals surface area contributed by atoms with Crippen LogP contribution in [0.2, 0.25) is 0 Å². The minimum absolute atomic E-state index is 0.0876. The van der Waals surface area contributed by atoms with Crippen LogP contribution in [-0.4, -0.2) is 53.4 Å². The summed E-state index contributed by atoms with van der Waals surface area (Å²) >= 11 is 3.71. The first-order valence-corrected chi connectivity index (χ1v) is 13.4. The van der Waals surface area contributed by atoms with Crippen LogP contribution < -0.4 is 10.6 Å². The van der Waals surface area contributed by atoms with Gasteiger partial charge in [0.2, 0.25) is 0 Å². The second kappa shape index (κ2) is 12.2. The number of benzene rings is 2. The number of carbonyl (C=O) groups excluding carboxylic acids is 1. The number of halogens is 3. The van der Waals surface area contributed by atoms with E-state index in [-0.39, 0.29) is 6.61 Å². The third kappa shape index (κ3) is 5.62. The van der Waals surface area contributed by atoms with E-state index in [9.17, 15) is 13.6 Å². The quantitative estimate of drug-likeness (QED) is 0.249. The van der Waals surface area contributed by atoms with Crippen molar-refractivity contribution in [2.45, 2.75) is 31.0 Å². The summed E-state index contributed by atoms with van der Waals surface area (Å²) in [6.45, 7) is 1.47. The van der Waals surface area contributed by atoms with Gasteiger partial charge >= 0.3 is 6.09 Å². The molecule has 10 nitrogen and oxygen atoms in total. The predicted molar refractivity (Wildman–Crippen MR) is 143 cm³/mol. The van der Waals surface area contributed by atoms with Crippen molar-refractivity contribution in [3.8, 4) is 11.3 Å². The lowest BCUT2D eigenvalue weighted by Gasteiger charge is -2.44. The Morgan fingerprint density at radius 1 is 1.25 bits per heavy atom. The molecule has 5 rings (SSSR count). The highest BCUT2D eigenvalue weighted by Crippen LogP contribution is 2.48. The van der Waals surface area contributed by atoms with Gasteiger partial charge in [0.05, 0.1) is 30.3 Å². The van der Waals surface area contributed by atoms with Gasteiger partial charge < -0.3 is 24.6 Å². The van der Waals surface area contributed by atoms with E-state index < -0.39 is 29.2 Å². The molecule has 1 fully saturated rings. The third-order valence-electron chi connectivity index (χ3n) is 7.04. The molecule has 3 N–H and O–H groups in total. The van der Waals surface area contributed by atoms with Gasteiger partial charge in [-0.3, -0.25) is 0 Å². The van der Waals surface area contributed by atoms with Crippen LogP contribution in [0.1, 0.15) is 34.9 Å². The lowest BCUT2D eigenvalue weighted by Crippen LogP contribution is -2.48. The van der Waals surface area contributed by atoms with E-state index >= 15 is 0 Å². The van der Waals surface area contributed by atoms with Crippen LogP contribution in [0.4, 0.5) is 13.6 Å². The van der Waals surface area contributed by atoms with Gasteiger partial charge in [0.15, 0.2) is 17.4 Å². The van der Waals surface area contributed by atoms with Gasteiger partial charge in [-0.1, -0.05) is 35.5 Å². The number of nitrogens with one attached hydrogen (secondary N) is 3. The molecule has 2 aromatic heterocycles. The summed E-state index contributed by atoms with van der Waals surface area (Å²) in [7, 11) is 1.31. The molecule has 1 amide bonds. The maximum absolute atomic E-state index is 14.5. The van der Waals surface area contributed by atoms with Gasteiger partial charge in [-0.05, 0) is 58.6 Å². The SMILES string of the molecule is COC(=O)NCCc1ccccc1-c1onc([C@H]2CNCC[C@]2(OCc2cn[nH]n2)c2ccc(F)c(F)c2)c1Br. The van der Waals surface area contributed by atoms with Crippen molar-refractivity contribution >= 4 is 22.0 Å². The first-order valence-electron chi connectivity index (χ1n) is 12.6. The molecule has 0 spiro atoms. The van der Waals surface area contributed by atoms with Gasteiger partial charge in [0, 0.05) is 18.7 Å². The molecule has 1 aliphatic rings. The normalized spacial score (nSPS) is 18.9. The number of H-pyrrole nitrogens is 1. The number of hydrogen-bond donors (Lipinski definition) is 3. The van der Waals surface area contributed by atoms with Crippen molar-refractivity contribution in [1.29, 1.82) is 0 Å². The highest BCUT2D eigenvalue weighted by atomic mass is 79.9. The minimum atomic E-state index is -1.08. The molecule has 3 heterocycles. The highest BCUT2D eigenvalue weighted by Gasteiger charge is 2.47. The summed E-state index contributed by atoms with van der Waals surface area (Å²) in [4.78, 5) is 11.5. The number of carbonyl (C=O) groups is 1. The van der Waals surface area contributed by atoms with Gasteiger partial charge in [-0.25, -0.2) is 13.6 Å². The zero-order valence-corrected chi connectivity index (χ0v) is 23.1. The van der Waals surface area contributed by atoms with Crippen LogP contribution in [0.15, 0.2) is 57.7 Å². The minimum Gasteiger partial charge on any atom is -0.453 e. The lowest BCUT2D eigenvalue weighted by atomic mass is 9.74. The van der Waals surface area contributed by atoms with Gasteiger partial charge in [0.25, 0.3) is 0 Å². The van der Waals surface area contributed by atoms with Crippen LogP contribution in [0.5, 0.6) is 0 Å². The largest absolute Gasteiger partial charge is 0.453 e. The fourth-order valence-corrected chi connectivity index (χ4v) is 5.68. The van der Waals surface area contributed by atoms with E-state index in [0.29, 0.717) is 59.7 Å². The fourth-order valence-electron chi connectivity index (χ4n) is 5.04. The lowest BCUT2D eigenvalue weighted by molar-refractivity contribution is -0.0994. The smallest absolute Gasteiger partial charge is 0.406 e. The molecule has 0 saturated carbocycles. The summed E-state index contributed by atoms with van der Waals surface area (Å²) in [5.74, 6) is -1.85. The number of amides is 1. The number of nitrogens with zero attached hydrogens (tertiary/aromatic N) is 3. The summed E-state index contributed by atoms with van der Waals surface area (Å²) in [5.41, 5.74) is 2.25. The standard InChI is InChI=1S/C27H27BrF2N6O4/c1-38-26(37)32-10-8-16-4-2-3-5-19(16)25-23(28)24(35-40-25)20-14-31-11-9-27(20,39-15-18-13-33-36-34-18)17-6-7-21(29)22(30)12-17/h2-7,12-13,20,31H,8-11,14-15H2,1H3,(H,32,37)(H,33,34,36)/t20-,27+/m1/s1. The van der Waals surface area contributed by atoms with E-state index in [0.717, 1.165) is 17.2 Å². The molecule has 0 radical (unpaired) electrons. The number of alkyl carbamates (subject to hydrolysis) is 1. The van der Waals surface area contributed by atoms with Gasteiger partial charge in [-0.15, -0.1) is 0 Å². The van der Waals surface area contributed by atoms with Crippen molar-refractivity contribution in [3.63, 3.8) is 0 Å². The molecule has 0 bridgehead atoms. The Labute approximate surface area is 236 Å². The summed E-state index contributed by atoms with van der Waals surface area (Å²) in [6, 6.07) is 11.5. The number of ether oxygens (including phenoxy) is 2. The zero-order valence-electron chi connectivity index (χ0n) is 21.5. The average molecular weight is 617 g/mol. The average Bonchev–Trinajstić information content (AvgIpc) is 3.63. The van der Waals surface area contributed by atoms with Gasteiger partial charge in [0.1, 0.15) is 17.0 Å². The van der Waals surface area contributed by atoms with E-state index in [1.165, 1.54) is 19.2 Å². The van der Waals surface area contributed by atoms with Crippen LogP contribution in [-0.2, 0) is 28.1 Å². The molecule has 13 heteroatoms. The van der Waals surface area contributed by atoms with Crippen LogP contribution in [0.3, 0.4) is 0 Å². The summed E-state index contributed by atoms with van der Waals surface area (Å²) in [6.07, 6.45) is 2.01. The van der Waals surface area contributed by atoms with Crippen molar-refractivity contribution in [2.75, 3.05) is 26.7 Å². The Kier molecular flexibility index (Phi) is 8.52. The Morgan fingerprint density at radius 3 is 2.88 bits per heavy atom. The molecular weight excluding hydrogens is 590 g/mol. The Balaban J connectivity index is 1.52. The molecule has 1 aliphatic heterocycles. The number of methoxy groups -OCH3 is 1. The van der Waals surface area contributed by atoms with Gasteiger partial charge in [-0.2, -0.15) is 15.4 Å². The van der Waals surface area contributed by atoms with Crippen molar-refractivity contribution in [2.24, 2.45) is 0 Å². The monoisotopic (exact) mass is 616 g/mol. The molecule has 0 aliphatic carbocycles. The number of piperidine rings is 1. The fraction of sp³-hybridized carbons (Fsp3) is 0.333. The highest BCUT2D eigenvalue weighted by molar-refractivity contribution is 9.10. The van der Waals surface area contributed by atoms with Crippen LogP contribution in [0, 0.1) is 11.6 Å². The Morgan fingerprint density at radius 2 is 2.10 bits per heavy atom. The molecular formula is C27H27BrF2N6O4. The molecule has 0 unspecified atom stereocenters. The number of aromatic amines is 1. The van der Waals surface area contributed by atoms with Crippen molar-refractivity contribution in [3.05, 3.63) is 87.3 Å². The Bertz CT molecular complexity index is 1470. The summed E-state index contributed by atoms with van der Waals surface area (Å²) in [5, 5.41) is 21.0. The maximum atomic E-state index is 14.5. The molecule has 2 atom stereocenters. The second-order valence-corrected chi connectivity index (χ2v) is 10.1. The van der Waals surface area contributed by atoms with E-state index in [2.05, 4.69) is 51.9 Å². The van der Waals surface area contributed by atoms with Crippen LogP contribution >= 0.6 is 15.9 Å². The number of aromatic nitrogens is 4. The van der Waals surface area contributed by atoms with E-state index in [1.54, 1.807) is 6.20 Å². The third-order valence-corrected chi connectivity index (χ3v) is 7.80. The maximum Gasteiger partial charge on any atom is 0.406 e. The Hall–Kier alpha value is -3.68. The molecule has 40 heavy (non-hydrogen) atoms. The molecule has 1 saturated heterocycles. The van der Waals surface area contributed by atoms with Crippen molar-refractivity contribution < 1.29 is 27.6 Å². The molecule has 4 aromatic rings. The van der Waals surface area contributed by atoms with Crippen LogP contribution in [0.25, 0.3) is 11.3 Å². The zero-order chi connectivity index (χ0) is 28.1.